The lowest BCUT2D eigenvalue weighted by molar-refractivity contribution is -0.105. The molecule has 2 unspecified atom stereocenters. The van der Waals surface area contributed by atoms with Gasteiger partial charge in [0, 0.05) is 17.7 Å². The molecule has 138 valence electrons. The Morgan fingerprint density at radius 1 is 1.19 bits per heavy atom. The van der Waals surface area contributed by atoms with Crippen LogP contribution >= 0.6 is 23.2 Å². The molecule has 0 spiro atoms. The zero-order chi connectivity index (χ0) is 18.6. The van der Waals surface area contributed by atoms with Crippen LogP contribution in [0.3, 0.4) is 0 Å². The van der Waals surface area contributed by atoms with E-state index in [0.29, 0.717) is 33.1 Å². The van der Waals surface area contributed by atoms with Crippen LogP contribution in [-0.2, 0) is 0 Å². The molecule has 0 radical (unpaired) electrons. The van der Waals surface area contributed by atoms with Crippen LogP contribution in [0.25, 0.3) is 11.3 Å². The van der Waals surface area contributed by atoms with Crippen molar-refractivity contribution < 1.29 is 0 Å². The van der Waals surface area contributed by atoms with Crippen molar-refractivity contribution >= 4 is 35.0 Å². The molecule has 3 N–H and O–H groups in total. The molecule has 2 aromatic rings. The molecule has 4 atom stereocenters. The first-order valence-electron chi connectivity index (χ1n) is 9.13. The Hall–Kier alpha value is -1.52. The lowest BCUT2D eigenvalue weighted by atomic mass is 9.45. The van der Waals surface area contributed by atoms with Crippen molar-refractivity contribution in [1.29, 1.82) is 0 Å². The second-order valence-corrected chi connectivity index (χ2v) is 9.09. The van der Waals surface area contributed by atoms with E-state index in [1.807, 2.05) is 18.2 Å². The van der Waals surface area contributed by atoms with Gasteiger partial charge in [0.25, 0.3) is 0 Å². The molecule has 1 aromatic heterocycles. The molecule has 0 amide bonds. The topological polar surface area (TPSA) is 63.8 Å². The van der Waals surface area contributed by atoms with Crippen molar-refractivity contribution in [2.24, 2.45) is 23.2 Å². The molecular formula is C20H24Cl2N4. The minimum atomic E-state index is 0.231. The van der Waals surface area contributed by atoms with Gasteiger partial charge in [0.1, 0.15) is 5.82 Å². The maximum atomic E-state index is 6.35. The summed E-state index contributed by atoms with van der Waals surface area (Å²) < 4.78 is 0. The van der Waals surface area contributed by atoms with Crippen LogP contribution in [0.5, 0.6) is 0 Å². The Morgan fingerprint density at radius 2 is 1.96 bits per heavy atom. The summed E-state index contributed by atoms with van der Waals surface area (Å²) >= 11 is 12.5. The summed E-state index contributed by atoms with van der Waals surface area (Å²) in [6.07, 6.45) is 2.52. The van der Waals surface area contributed by atoms with E-state index in [9.17, 15) is 0 Å². The number of anilines is 2. The highest BCUT2D eigenvalue weighted by Gasteiger charge is 2.56. The maximum Gasteiger partial charge on any atom is 0.222 e. The number of aromatic nitrogens is 2. The predicted octanol–water partition coefficient (Wildman–Crippen LogP) is 5.52. The number of nitrogens with two attached hydrogens (primary N) is 1. The van der Waals surface area contributed by atoms with Crippen molar-refractivity contribution in [3.63, 3.8) is 0 Å². The number of fused-ring (bicyclic) bond motifs is 2. The third-order valence-electron chi connectivity index (χ3n) is 6.66. The molecule has 1 heterocycles. The molecule has 3 saturated carbocycles. The molecule has 3 aliphatic rings. The fraction of sp³-hybridized carbons (Fsp3) is 0.500. The van der Waals surface area contributed by atoms with Gasteiger partial charge in [-0.2, -0.15) is 4.98 Å². The lowest BCUT2D eigenvalue weighted by Gasteiger charge is -2.62. The molecule has 0 aliphatic heterocycles. The summed E-state index contributed by atoms with van der Waals surface area (Å²) in [7, 11) is 0. The van der Waals surface area contributed by atoms with Gasteiger partial charge in [-0.25, -0.2) is 4.98 Å². The Kier molecular flexibility index (Phi) is 4.31. The number of rotatable bonds is 3. The number of nitrogens with zero attached hydrogens (tertiary/aromatic N) is 2. The third-order valence-corrected chi connectivity index (χ3v) is 7.48. The largest absolute Gasteiger partial charge is 0.368 e. The van der Waals surface area contributed by atoms with Gasteiger partial charge in [-0.15, -0.1) is 0 Å². The first-order valence-corrected chi connectivity index (χ1v) is 9.88. The van der Waals surface area contributed by atoms with Crippen LogP contribution in [0.4, 0.5) is 11.8 Å². The van der Waals surface area contributed by atoms with E-state index in [1.54, 1.807) is 6.07 Å². The summed E-state index contributed by atoms with van der Waals surface area (Å²) in [6.45, 7) is 7.15. The van der Waals surface area contributed by atoms with Gasteiger partial charge in [0.05, 0.1) is 15.7 Å². The minimum Gasteiger partial charge on any atom is -0.368 e. The van der Waals surface area contributed by atoms with Crippen LogP contribution in [0, 0.1) is 23.2 Å². The quantitative estimate of drug-likeness (QED) is 0.724. The standard InChI is InChI=1S/C20H24Cl2N4/c1-10-13-7-11(20(13,2)3)8-15(10)24-17-9-16(25-19(23)26-17)12-5-4-6-14(21)18(12)22/h4-6,9-11,13,15H,7-8H2,1-3H3,(H3,23,24,25,26)/t10-,11?,13?,15+/m0/s1. The number of nitrogen functional groups attached to an aromatic ring is 1. The van der Waals surface area contributed by atoms with Gasteiger partial charge >= 0.3 is 0 Å². The van der Waals surface area contributed by atoms with Crippen LogP contribution < -0.4 is 11.1 Å². The van der Waals surface area contributed by atoms with Gasteiger partial charge in [-0.1, -0.05) is 56.1 Å². The van der Waals surface area contributed by atoms with E-state index in [-0.39, 0.29) is 5.95 Å². The summed E-state index contributed by atoms with van der Waals surface area (Å²) in [5.74, 6) is 3.13. The maximum absolute atomic E-state index is 6.35. The Morgan fingerprint density at radius 3 is 2.65 bits per heavy atom. The molecule has 0 saturated heterocycles. The SMILES string of the molecule is C[C@H]1C2CC(C[C@H]1Nc1cc(-c3cccc(Cl)c3Cl)nc(N)n1)C2(C)C. The van der Waals surface area contributed by atoms with Gasteiger partial charge in [-0.3, -0.25) is 0 Å². The van der Waals surface area contributed by atoms with Crippen LogP contribution in [-0.4, -0.2) is 16.0 Å². The van der Waals surface area contributed by atoms with Crippen LogP contribution in [0.2, 0.25) is 10.0 Å². The molecule has 4 nitrogen and oxygen atoms in total. The fourth-order valence-corrected chi connectivity index (χ4v) is 5.31. The van der Waals surface area contributed by atoms with Crippen LogP contribution in [0.1, 0.15) is 33.6 Å². The summed E-state index contributed by atoms with van der Waals surface area (Å²) in [5.41, 5.74) is 7.87. The Labute approximate surface area is 164 Å². The zero-order valence-electron chi connectivity index (χ0n) is 15.3. The number of hydrogen-bond acceptors (Lipinski definition) is 4. The Bertz CT molecular complexity index is 852. The third kappa shape index (κ3) is 2.84. The minimum absolute atomic E-state index is 0.231. The van der Waals surface area contributed by atoms with E-state index >= 15 is 0 Å². The molecule has 6 heteroatoms. The first-order chi connectivity index (χ1) is 12.3. The Balaban J connectivity index is 1.61. The molecule has 5 rings (SSSR count). The molecule has 1 aromatic carbocycles. The smallest absolute Gasteiger partial charge is 0.222 e. The summed E-state index contributed by atoms with van der Waals surface area (Å²) in [5, 5.41) is 4.59. The van der Waals surface area contributed by atoms with Crippen molar-refractivity contribution in [3.05, 3.63) is 34.3 Å². The summed E-state index contributed by atoms with van der Waals surface area (Å²) in [4.78, 5) is 8.74. The molecule has 3 aliphatic carbocycles. The van der Waals surface area contributed by atoms with E-state index in [2.05, 4.69) is 36.1 Å². The first kappa shape index (κ1) is 17.9. The predicted molar refractivity (Wildman–Crippen MR) is 108 cm³/mol. The molecule has 2 bridgehead atoms. The number of benzene rings is 1. The molecule has 26 heavy (non-hydrogen) atoms. The van der Waals surface area contributed by atoms with Gasteiger partial charge in [0.2, 0.25) is 5.95 Å². The highest BCUT2D eigenvalue weighted by Crippen LogP contribution is 2.61. The van der Waals surface area contributed by atoms with Crippen molar-refractivity contribution in [2.45, 2.75) is 39.7 Å². The van der Waals surface area contributed by atoms with E-state index < -0.39 is 0 Å². The highest BCUT2D eigenvalue weighted by atomic mass is 35.5. The van der Waals surface area contributed by atoms with Gasteiger partial charge < -0.3 is 11.1 Å². The second kappa shape index (κ2) is 6.28. The molecular weight excluding hydrogens is 367 g/mol. The lowest BCUT2D eigenvalue weighted by Crippen LogP contribution is -2.58. The monoisotopic (exact) mass is 390 g/mol. The second-order valence-electron chi connectivity index (χ2n) is 8.30. The highest BCUT2D eigenvalue weighted by molar-refractivity contribution is 6.43. The summed E-state index contributed by atoms with van der Waals surface area (Å²) in [6, 6.07) is 7.82. The van der Waals surface area contributed by atoms with Crippen molar-refractivity contribution in [1.82, 2.24) is 9.97 Å². The normalized spacial score (nSPS) is 29.1. The van der Waals surface area contributed by atoms with E-state index in [4.69, 9.17) is 28.9 Å². The number of nitrogens with one attached hydrogen (secondary N) is 1. The average molecular weight is 391 g/mol. The zero-order valence-corrected chi connectivity index (χ0v) is 16.8. The van der Waals surface area contributed by atoms with Crippen LogP contribution in [0.15, 0.2) is 24.3 Å². The molecule has 3 fully saturated rings. The average Bonchev–Trinajstić information content (AvgIpc) is 2.58. The van der Waals surface area contributed by atoms with E-state index in [1.165, 1.54) is 12.8 Å². The fourth-order valence-electron chi connectivity index (χ4n) is 4.91. The number of halogens is 2. The van der Waals surface area contributed by atoms with Crippen molar-refractivity contribution in [3.8, 4) is 11.3 Å². The van der Waals surface area contributed by atoms with Gasteiger partial charge in [-0.05, 0) is 42.1 Å². The number of hydrogen-bond donors (Lipinski definition) is 2. The van der Waals surface area contributed by atoms with Crippen molar-refractivity contribution in [2.75, 3.05) is 11.1 Å². The van der Waals surface area contributed by atoms with E-state index in [0.717, 1.165) is 23.2 Å². The van der Waals surface area contributed by atoms with Gasteiger partial charge in [0.15, 0.2) is 0 Å².